The number of nitrogens with one attached hydrogen (secondary N) is 3. The topological polar surface area (TPSA) is 82.3 Å². The zero-order valence-corrected chi connectivity index (χ0v) is 18.4. The monoisotopic (exact) mass is 428 g/mol. The molecule has 1 aliphatic rings. The summed E-state index contributed by atoms with van der Waals surface area (Å²) < 4.78 is 0. The maximum absolute atomic E-state index is 4.85. The van der Waals surface area contributed by atoms with E-state index in [0.717, 1.165) is 57.2 Å². The Balaban J connectivity index is 1.52. The highest BCUT2D eigenvalue weighted by Gasteiger charge is 2.14. The first-order valence-electron chi connectivity index (χ1n) is 10.3. The van der Waals surface area contributed by atoms with Gasteiger partial charge in [-0.1, -0.05) is 18.7 Å². The second kappa shape index (κ2) is 8.09. The SMILES string of the molecule is C=c1c(-c2nc3c(-c4ccc(C)s4)cncc3[nH]2)n[nH]/c1=C/C=C(\C)C1=CCNCC1. The smallest absolute Gasteiger partial charge is 0.159 e. The molecule has 0 bridgehead atoms. The fourth-order valence-corrected chi connectivity index (χ4v) is 4.69. The summed E-state index contributed by atoms with van der Waals surface area (Å²) in [5.74, 6) is 0.695. The van der Waals surface area contributed by atoms with Gasteiger partial charge in [0.15, 0.2) is 5.82 Å². The van der Waals surface area contributed by atoms with E-state index < -0.39 is 0 Å². The summed E-state index contributed by atoms with van der Waals surface area (Å²) >= 11 is 1.74. The fourth-order valence-electron chi connectivity index (χ4n) is 3.81. The van der Waals surface area contributed by atoms with Crippen LogP contribution in [0.1, 0.15) is 18.2 Å². The van der Waals surface area contributed by atoms with Crippen molar-refractivity contribution < 1.29 is 0 Å². The van der Waals surface area contributed by atoms with Gasteiger partial charge in [-0.15, -0.1) is 11.3 Å². The minimum Gasteiger partial charge on any atom is -0.335 e. The number of nitrogens with zero attached hydrogens (tertiary/aromatic N) is 3. The first-order chi connectivity index (χ1) is 15.1. The Labute approximate surface area is 184 Å². The summed E-state index contributed by atoms with van der Waals surface area (Å²) in [5, 5.41) is 12.7. The molecule has 5 heterocycles. The van der Waals surface area contributed by atoms with Crippen molar-refractivity contribution in [3.8, 4) is 22.0 Å². The number of pyridine rings is 1. The van der Waals surface area contributed by atoms with Crippen LogP contribution in [0.3, 0.4) is 0 Å². The number of thiophene rings is 1. The van der Waals surface area contributed by atoms with Crippen molar-refractivity contribution in [1.29, 1.82) is 0 Å². The molecule has 4 aromatic heterocycles. The number of imidazole rings is 1. The van der Waals surface area contributed by atoms with E-state index in [9.17, 15) is 0 Å². The van der Waals surface area contributed by atoms with Crippen molar-refractivity contribution in [2.45, 2.75) is 20.3 Å². The van der Waals surface area contributed by atoms with Crippen LogP contribution in [0.5, 0.6) is 0 Å². The number of aromatic amines is 2. The van der Waals surface area contributed by atoms with Crippen molar-refractivity contribution in [3.63, 3.8) is 0 Å². The standard InChI is InChI=1S/C24H24N6S/c1-14(17-8-10-25-11-9-17)4-6-19-16(3)22(30-29-19)24-27-20-13-26-12-18(23(20)28-24)21-7-5-15(2)31-21/h4-8,12-13,25,29H,3,9-11H2,1-2H3,(H,27,28)/b14-4+,19-6+. The molecule has 4 aromatic rings. The molecule has 0 unspecified atom stereocenters. The Kier molecular flexibility index (Phi) is 5.13. The first kappa shape index (κ1) is 19.7. The third kappa shape index (κ3) is 3.78. The second-order valence-electron chi connectivity index (χ2n) is 7.74. The number of aromatic nitrogens is 5. The Bertz CT molecular complexity index is 1430. The predicted octanol–water partition coefficient (Wildman–Crippen LogP) is 3.44. The van der Waals surface area contributed by atoms with Crippen LogP contribution in [0.15, 0.2) is 47.8 Å². The van der Waals surface area contributed by atoms with Crippen LogP contribution in [0, 0.1) is 6.92 Å². The lowest BCUT2D eigenvalue weighted by Crippen LogP contribution is -2.22. The van der Waals surface area contributed by atoms with E-state index in [1.165, 1.54) is 16.0 Å². The normalized spacial score (nSPS) is 15.6. The minimum atomic E-state index is 0.695. The Hall–Kier alpha value is -3.29. The molecule has 0 atom stereocenters. The van der Waals surface area contributed by atoms with Gasteiger partial charge in [0.25, 0.3) is 0 Å². The number of aryl methyl sites for hydroxylation is 1. The van der Waals surface area contributed by atoms with Gasteiger partial charge in [0.1, 0.15) is 11.2 Å². The van der Waals surface area contributed by atoms with Crippen LogP contribution >= 0.6 is 11.3 Å². The summed E-state index contributed by atoms with van der Waals surface area (Å²) in [4.78, 5) is 15.0. The quantitative estimate of drug-likeness (QED) is 0.465. The zero-order valence-electron chi connectivity index (χ0n) is 17.6. The third-order valence-corrected chi connectivity index (χ3v) is 6.63. The Morgan fingerprint density at radius 3 is 2.94 bits per heavy atom. The lowest BCUT2D eigenvalue weighted by molar-refractivity contribution is 0.707. The van der Waals surface area contributed by atoms with Crippen molar-refractivity contribution >= 4 is 35.0 Å². The molecule has 0 fully saturated rings. The number of rotatable bonds is 4. The van der Waals surface area contributed by atoms with Crippen LogP contribution in [0.25, 0.3) is 45.6 Å². The summed E-state index contributed by atoms with van der Waals surface area (Å²) in [5.41, 5.74) is 6.19. The van der Waals surface area contributed by atoms with Gasteiger partial charge in [-0.2, -0.15) is 5.10 Å². The van der Waals surface area contributed by atoms with E-state index in [1.54, 1.807) is 17.5 Å². The predicted molar refractivity (Wildman–Crippen MR) is 128 cm³/mol. The van der Waals surface area contributed by atoms with Crippen molar-refractivity contribution in [3.05, 3.63) is 63.3 Å². The minimum absolute atomic E-state index is 0.695. The molecule has 0 saturated carbocycles. The molecule has 0 aromatic carbocycles. The molecule has 3 N–H and O–H groups in total. The van der Waals surface area contributed by atoms with Crippen LogP contribution < -0.4 is 15.9 Å². The lowest BCUT2D eigenvalue weighted by Gasteiger charge is -2.13. The van der Waals surface area contributed by atoms with Gasteiger partial charge in [-0.3, -0.25) is 10.1 Å². The molecular formula is C24H24N6S. The first-order valence-corrected chi connectivity index (χ1v) is 11.1. The molecule has 0 aliphatic carbocycles. The molecule has 0 radical (unpaired) electrons. The number of hydrogen-bond acceptors (Lipinski definition) is 5. The Morgan fingerprint density at radius 2 is 2.16 bits per heavy atom. The highest BCUT2D eigenvalue weighted by molar-refractivity contribution is 7.15. The molecule has 1 aliphatic heterocycles. The summed E-state index contributed by atoms with van der Waals surface area (Å²) in [6.07, 6.45) is 11.2. The lowest BCUT2D eigenvalue weighted by atomic mass is 10.0. The highest BCUT2D eigenvalue weighted by atomic mass is 32.1. The molecule has 31 heavy (non-hydrogen) atoms. The van der Waals surface area contributed by atoms with Crippen molar-refractivity contribution in [1.82, 2.24) is 30.5 Å². The van der Waals surface area contributed by atoms with Crippen LogP contribution in [-0.4, -0.2) is 38.2 Å². The molecule has 0 saturated heterocycles. The van der Waals surface area contributed by atoms with E-state index in [1.807, 2.05) is 12.3 Å². The van der Waals surface area contributed by atoms with E-state index >= 15 is 0 Å². The average molecular weight is 429 g/mol. The molecule has 5 rings (SSSR count). The molecule has 156 valence electrons. The van der Waals surface area contributed by atoms with E-state index in [2.05, 4.69) is 70.2 Å². The highest BCUT2D eigenvalue weighted by Crippen LogP contribution is 2.32. The summed E-state index contributed by atoms with van der Waals surface area (Å²) in [7, 11) is 0. The van der Waals surface area contributed by atoms with Crippen LogP contribution in [0.4, 0.5) is 0 Å². The molecule has 6 nitrogen and oxygen atoms in total. The van der Waals surface area contributed by atoms with E-state index in [4.69, 9.17) is 4.98 Å². The van der Waals surface area contributed by atoms with Gasteiger partial charge in [-0.25, -0.2) is 4.98 Å². The second-order valence-corrected chi connectivity index (χ2v) is 9.03. The molecule has 0 amide bonds. The zero-order chi connectivity index (χ0) is 21.4. The largest absolute Gasteiger partial charge is 0.335 e. The molecule has 0 spiro atoms. The summed E-state index contributed by atoms with van der Waals surface area (Å²) in [6, 6.07) is 4.23. The summed E-state index contributed by atoms with van der Waals surface area (Å²) in [6.45, 7) is 10.5. The third-order valence-electron chi connectivity index (χ3n) is 5.59. The number of H-pyrrole nitrogens is 2. The van der Waals surface area contributed by atoms with Gasteiger partial charge < -0.3 is 10.3 Å². The van der Waals surface area contributed by atoms with E-state index in [-0.39, 0.29) is 0 Å². The van der Waals surface area contributed by atoms with Gasteiger partial charge in [0, 0.05) is 33.3 Å². The van der Waals surface area contributed by atoms with Crippen molar-refractivity contribution in [2.75, 3.05) is 13.1 Å². The Morgan fingerprint density at radius 1 is 1.26 bits per heavy atom. The average Bonchev–Trinajstić information content (AvgIpc) is 3.50. The number of hydrogen-bond donors (Lipinski definition) is 3. The van der Waals surface area contributed by atoms with Gasteiger partial charge in [0.05, 0.1) is 17.1 Å². The number of fused-ring (bicyclic) bond motifs is 1. The van der Waals surface area contributed by atoms with E-state index in [0.29, 0.717) is 5.82 Å². The van der Waals surface area contributed by atoms with Gasteiger partial charge >= 0.3 is 0 Å². The maximum Gasteiger partial charge on any atom is 0.159 e. The van der Waals surface area contributed by atoms with Gasteiger partial charge in [0.2, 0.25) is 0 Å². The van der Waals surface area contributed by atoms with Crippen LogP contribution in [-0.2, 0) is 0 Å². The van der Waals surface area contributed by atoms with Gasteiger partial charge in [-0.05, 0) is 56.2 Å². The number of allylic oxidation sites excluding steroid dienone is 2. The van der Waals surface area contributed by atoms with Crippen molar-refractivity contribution in [2.24, 2.45) is 0 Å². The fraction of sp³-hybridized carbons (Fsp3) is 0.208. The molecular weight excluding hydrogens is 404 g/mol. The maximum atomic E-state index is 4.85. The van der Waals surface area contributed by atoms with Crippen LogP contribution in [0.2, 0.25) is 0 Å². The molecule has 7 heteroatoms.